The van der Waals surface area contributed by atoms with Crippen molar-refractivity contribution in [3.8, 4) is 0 Å². The summed E-state index contributed by atoms with van der Waals surface area (Å²) in [4.78, 5) is 23.0. The number of carboxylic acid groups (broad SMARTS) is 2. The SMILES string of the molecule is Cc1ccc(Nc2cccc(Nc3ccc(C)cc3C(=O)O)c2)c(C(=O)O)c1. The van der Waals surface area contributed by atoms with E-state index < -0.39 is 11.9 Å². The van der Waals surface area contributed by atoms with E-state index in [9.17, 15) is 19.8 Å². The van der Waals surface area contributed by atoms with Gasteiger partial charge in [-0.3, -0.25) is 0 Å². The van der Waals surface area contributed by atoms with E-state index in [0.29, 0.717) is 22.7 Å². The number of hydrogen-bond acceptors (Lipinski definition) is 4. The van der Waals surface area contributed by atoms with Gasteiger partial charge < -0.3 is 20.8 Å². The molecule has 28 heavy (non-hydrogen) atoms. The van der Waals surface area contributed by atoms with Crippen LogP contribution in [0.2, 0.25) is 0 Å². The second-order valence-electron chi connectivity index (χ2n) is 6.54. The van der Waals surface area contributed by atoms with Crippen molar-refractivity contribution in [2.45, 2.75) is 13.8 Å². The monoisotopic (exact) mass is 376 g/mol. The molecule has 3 rings (SSSR count). The van der Waals surface area contributed by atoms with E-state index in [0.717, 1.165) is 11.1 Å². The number of nitrogens with one attached hydrogen (secondary N) is 2. The number of aromatic carboxylic acids is 2. The van der Waals surface area contributed by atoms with E-state index in [2.05, 4.69) is 10.6 Å². The number of rotatable bonds is 6. The lowest BCUT2D eigenvalue weighted by Crippen LogP contribution is -2.04. The molecular formula is C22H20N2O4. The summed E-state index contributed by atoms with van der Waals surface area (Å²) in [5.74, 6) is -2.02. The highest BCUT2D eigenvalue weighted by Crippen LogP contribution is 2.27. The Hall–Kier alpha value is -3.80. The van der Waals surface area contributed by atoms with Crippen LogP contribution in [-0.4, -0.2) is 22.2 Å². The van der Waals surface area contributed by atoms with Gasteiger partial charge >= 0.3 is 11.9 Å². The molecular weight excluding hydrogens is 356 g/mol. The van der Waals surface area contributed by atoms with Gasteiger partial charge in [-0.15, -0.1) is 0 Å². The summed E-state index contributed by atoms with van der Waals surface area (Å²) in [6.45, 7) is 3.67. The van der Waals surface area contributed by atoms with Gasteiger partial charge in [0, 0.05) is 11.4 Å². The first-order valence-corrected chi connectivity index (χ1v) is 8.65. The van der Waals surface area contributed by atoms with Crippen molar-refractivity contribution < 1.29 is 19.8 Å². The summed E-state index contributed by atoms with van der Waals surface area (Å²) in [6, 6.07) is 17.5. The molecule has 6 nitrogen and oxygen atoms in total. The van der Waals surface area contributed by atoms with Gasteiger partial charge in [-0.1, -0.05) is 29.3 Å². The zero-order valence-corrected chi connectivity index (χ0v) is 15.5. The lowest BCUT2D eigenvalue weighted by Gasteiger charge is -2.14. The number of anilines is 4. The molecule has 0 aliphatic heterocycles. The first-order valence-electron chi connectivity index (χ1n) is 8.65. The third-order valence-corrected chi connectivity index (χ3v) is 4.23. The Morgan fingerprint density at radius 1 is 0.679 bits per heavy atom. The van der Waals surface area contributed by atoms with Gasteiger partial charge in [0.1, 0.15) is 0 Å². The second-order valence-corrected chi connectivity index (χ2v) is 6.54. The van der Waals surface area contributed by atoms with Crippen LogP contribution in [-0.2, 0) is 0 Å². The minimum Gasteiger partial charge on any atom is -0.478 e. The van der Waals surface area contributed by atoms with Crippen LogP contribution < -0.4 is 10.6 Å². The van der Waals surface area contributed by atoms with E-state index >= 15 is 0 Å². The molecule has 0 unspecified atom stereocenters. The Morgan fingerprint density at radius 2 is 1.11 bits per heavy atom. The van der Waals surface area contributed by atoms with E-state index in [1.54, 1.807) is 36.4 Å². The quantitative estimate of drug-likeness (QED) is 0.473. The molecule has 0 radical (unpaired) electrons. The Morgan fingerprint density at radius 3 is 1.50 bits per heavy atom. The smallest absolute Gasteiger partial charge is 0.337 e. The third-order valence-electron chi connectivity index (χ3n) is 4.23. The highest BCUT2D eigenvalue weighted by molar-refractivity contribution is 5.96. The summed E-state index contributed by atoms with van der Waals surface area (Å²) in [6.07, 6.45) is 0. The molecule has 3 aromatic carbocycles. The summed E-state index contributed by atoms with van der Waals surface area (Å²) < 4.78 is 0. The highest BCUT2D eigenvalue weighted by Gasteiger charge is 2.12. The largest absolute Gasteiger partial charge is 0.478 e. The van der Waals surface area contributed by atoms with Crippen molar-refractivity contribution in [2.75, 3.05) is 10.6 Å². The average Bonchev–Trinajstić information content (AvgIpc) is 2.64. The second kappa shape index (κ2) is 7.84. The zero-order valence-electron chi connectivity index (χ0n) is 15.5. The van der Waals surface area contributed by atoms with Gasteiger partial charge in [-0.25, -0.2) is 9.59 Å². The molecule has 6 heteroatoms. The molecule has 0 atom stereocenters. The summed E-state index contributed by atoms with van der Waals surface area (Å²) in [5.41, 5.74) is 4.42. The van der Waals surface area contributed by atoms with E-state index in [1.165, 1.54) is 0 Å². The van der Waals surface area contributed by atoms with Crippen LogP contribution in [0.5, 0.6) is 0 Å². The van der Waals surface area contributed by atoms with E-state index in [1.807, 2.05) is 38.1 Å². The standard InChI is InChI=1S/C22H20N2O4/c1-13-6-8-19(17(10-13)21(25)26)23-15-4-3-5-16(12-15)24-20-9-7-14(2)11-18(20)22(27)28/h3-12,23-24H,1-2H3,(H,25,26)(H,27,28). The minimum absolute atomic E-state index is 0.185. The molecule has 4 N–H and O–H groups in total. The summed E-state index contributed by atoms with van der Waals surface area (Å²) in [5, 5.41) is 25.1. The summed E-state index contributed by atoms with van der Waals surface area (Å²) >= 11 is 0. The van der Waals surface area contributed by atoms with Crippen molar-refractivity contribution >= 4 is 34.7 Å². The van der Waals surface area contributed by atoms with Gasteiger partial charge in [-0.05, 0) is 56.3 Å². The maximum Gasteiger partial charge on any atom is 0.337 e. The normalized spacial score (nSPS) is 10.4. The first-order chi connectivity index (χ1) is 13.3. The molecule has 0 saturated heterocycles. The molecule has 142 valence electrons. The number of carbonyl (C=O) groups is 2. The van der Waals surface area contributed by atoms with Gasteiger partial charge in [0.05, 0.1) is 22.5 Å². The van der Waals surface area contributed by atoms with Crippen molar-refractivity contribution in [3.05, 3.63) is 82.9 Å². The fourth-order valence-electron chi connectivity index (χ4n) is 2.87. The van der Waals surface area contributed by atoms with Gasteiger partial charge in [0.25, 0.3) is 0 Å². The number of hydrogen-bond donors (Lipinski definition) is 4. The topological polar surface area (TPSA) is 98.7 Å². The van der Waals surface area contributed by atoms with E-state index in [-0.39, 0.29) is 11.1 Å². The van der Waals surface area contributed by atoms with Crippen molar-refractivity contribution in [2.24, 2.45) is 0 Å². The lowest BCUT2D eigenvalue weighted by atomic mass is 10.1. The number of benzene rings is 3. The molecule has 0 aromatic heterocycles. The van der Waals surface area contributed by atoms with Crippen LogP contribution in [0, 0.1) is 13.8 Å². The predicted octanol–water partition coefficient (Wildman–Crippen LogP) is 5.19. The van der Waals surface area contributed by atoms with Crippen LogP contribution in [0.1, 0.15) is 31.8 Å². The molecule has 0 aliphatic rings. The van der Waals surface area contributed by atoms with Crippen LogP contribution in [0.25, 0.3) is 0 Å². The van der Waals surface area contributed by atoms with Crippen LogP contribution >= 0.6 is 0 Å². The molecule has 3 aromatic rings. The van der Waals surface area contributed by atoms with E-state index in [4.69, 9.17) is 0 Å². The predicted molar refractivity (Wildman–Crippen MR) is 109 cm³/mol. The van der Waals surface area contributed by atoms with Crippen LogP contribution in [0.4, 0.5) is 22.7 Å². The average molecular weight is 376 g/mol. The van der Waals surface area contributed by atoms with Crippen molar-refractivity contribution in [3.63, 3.8) is 0 Å². The lowest BCUT2D eigenvalue weighted by molar-refractivity contribution is 0.0687. The van der Waals surface area contributed by atoms with Crippen LogP contribution in [0.3, 0.4) is 0 Å². The van der Waals surface area contributed by atoms with Crippen LogP contribution in [0.15, 0.2) is 60.7 Å². The fraction of sp³-hybridized carbons (Fsp3) is 0.0909. The Balaban J connectivity index is 1.89. The Kier molecular flexibility index (Phi) is 5.31. The molecule has 0 aliphatic carbocycles. The molecule has 0 bridgehead atoms. The number of aryl methyl sites for hydroxylation is 2. The maximum absolute atomic E-state index is 11.5. The van der Waals surface area contributed by atoms with Crippen molar-refractivity contribution in [1.29, 1.82) is 0 Å². The highest BCUT2D eigenvalue weighted by atomic mass is 16.4. The molecule has 0 saturated carbocycles. The maximum atomic E-state index is 11.5. The third kappa shape index (κ3) is 4.29. The Bertz CT molecular complexity index is 979. The number of carboxylic acids is 2. The molecule has 0 spiro atoms. The van der Waals surface area contributed by atoms with Gasteiger partial charge in [0.2, 0.25) is 0 Å². The Labute approximate surface area is 162 Å². The van der Waals surface area contributed by atoms with Crippen molar-refractivity contribution in [1.82, 2.24) is 0 Å². The fourth-order valence-corrected chi connectivity index (χ4v) is 2.87. The summed E-state index contributed by atoms with van der Waals surface area (Å²) in [7, 11) is 0. The van der Waals surface area contributed by atoms with Gasteiger partial charge in [-0.2, -0.15) is 0 Å². The minimum atomic E-state index is -1.01. The molecule has 0 heterocycles. The molecule has 0 fully saturated rings. The first kappa shape index (κ1) is 19.0. The zero-order chi connectivity index (χ0) is 20.3. The van der Waals surface area contributed by atoms with Gasteiger partial charge in [0.15, 0.2) is 0 Å². The molecule has 0 amide bonds.